The minimum Gasteiger partial charge on any atom is -0.302 e. The molecule has 0 spiro atoms. The molecule has 0 aromatic rings. The Kier molecular flexibility index (Phi) is 4.15. The number of piperidine rings is 1. The van der Waals surface area contributed by atoms with Crippen LogP contribution in [0.3, 0.4) is 0 Å². The van der Waals surface area contributed by atoms with Gasteiger partial charge in [0.05, 0.1) is 6.04 Å². The second kappa shape index (κ2) is 5.61. The summed E-state index contributed by atoms with van der Waals surface area (Å²) in [4.78, 5) is 15.8. The van der Waals surface area contributed by atoms with E-state index in [1.165, 1.54) is 38.8 Å². The predicted octanol–water partition coefficient (Wildman–Crippen LogP) is 1.14. The lowest BCUT2D eigenvalue weighted by molar-refractivity contribution is -0.113. The molecule has 0 amide bonds. The summed E-state index contributed by atoms with van der Waals surface area (Å²) in [6, 6.07) is 0.210. The number of aldehydes is 1. The minimum absolute atomic E-state index is 0.210. The van der Waals surface area contributed by atoms with Crippen LogP contribution in [0.15, 0.2) is 0 Å². The molecule has 3 nitrogen and oxygen atoms in total. The van der Waals surface area contributed by atoms with Gasteiger partial charge in [-0.25, -0.2) is 0 Å². The van der Waals surface area contributed by atoms with Crippen molar-refractivity contribution in [2.45, 2.75) is 38.1 Å². The van der Waals surface area contributed by atoms with Crippen molar-refractivity contribution in [2.75, 3.05) is 32.7 Å². The largest absolute Gasteiger partial charge is 0.302 e. The van der Waals surface area contributed by atoms with Gasteiger partial charge in [0.1, 0.15) is 6.29 Å². The van der Waals surface area contributed by atoms with Crippen LogP contribution in [-0.2, 0) is 4.79 Å². The Hall–Kier alpha value is -0.410. The number of carbonyl (C=O) groups excluding carboxylic acids is 1. The van der Waals surface area contributed by atoms with Gasteiger partial charge in [0.25, 0.3) is 0 Å². The summed E-state index contributed by atoms with van der Waals surface area (Å²) in [5.41, 5.74) is 0. The van der Waals surface area contributed by atoms with Crippen LogP contribution in [-0.4, -0.2) is 54.9 Å². The van der Waals surface area contributed by atoms with Gasteiger partial charge in [-0.3, -0.25) is 4.90 Å². The van der Waals surface area contributed by atoms with Crippen LogP contribution in [0.1, 0.15) is 32.1 Å². The molecule has 1 atom stereocenters. The number of hydrogen-bond donors (Lipinski definition) is 0. The quantitative estimate of drug-likeness (QED) is 0.650. The number of hydrogen-bond acceptors (Lipinski definition) is 3. The summed E-state index contributed by atoms with van der Waals surface area (Å²) in [7, 11) is 0. The molecule has 2 aliphatic heterocycles. The van der Waals surface area contributed by atoms with E-state index in [0.717, 1.165) is 32.3 Å². The van der Waals surface area contributed by atoms with E-state index in [9.17, 15) is 4.79 Å². The Morgan fingerprint density at radius 1 is 1.00 bits per heavy atom. The zero-order valence-corrected chi connectivity index (χ0v) is 9.53. The number of nitrogens with zero attached hydrogens (tertiary/aromatic N) is 2. The maximum Gasteiger partial charge on any atom is 0.137 e. The highest BCUT2D eigenvalue weighted by atomic mass is 16.1. The van der Waals surface area contributed by atoms with Gasteiger partial charge in [0, 0.05) is 13.1 Å². The number of rotatable bonds is 4. The van der Waals surface area contributed by atoms with Gasteiger partial charge in [-0.2, -0.15) is 0 Å². The summed E-state index contributed by atoms with van der Waals surface area (Å²) in [6.07, 6.45) is 7.43. The third-order valence-electron chi connectivity index (χ3n) is 3.72. The lowest BCUT2D eigenvalue weighted by Crippen LogP contribution is -2.44. The highest BCUT2D eigenvalue weighted by molar-refractivity contribution is 5.57. The predicted molar refractivity (Wildman–Crippen MR) is 61.0 cm³/mol. The molecule has 86 valence electrons. The van der Waals surface area contributed by atoms with E-state index in [4.69, 9.17) is 0 Å². The van der Waals surface area contributed by atoms with Crippen LogP contribution in [0.5, 0.6) is 0 Å². The van der Waals surface area contributed by atoms with Gasteiger partial charge >= 0.3 is 0 Å². The van der Waals surface area contributed by atoms with Crippen molar-refractivity contribution in [1.29, 1.82) is 0 Å². The molecule has 2 aliphatic rings. The van der Waals surface area contributed by atoms with E-state index < -0.39 is 0 Å². The molecule has 0 N–H and O–H groups in total. The molecule has 0 aromatic heterocycles. The van der Waals surface area contributed by atoms with Gasteiger partial charge < -0.3 is 9.69 Å². The molecule has 2 fully saturated rings. The van der Waals surface area contributed by atoms with Crippen molar-refractivity contribution in [3.63, 3.8) is 0 Å². The Morgan fingerprint density at radius 2 is 1.73 bits per heavy atom. The molecule has 0 bridgehead atoms. The zero-order valence-electron chi connectivity index (χ0n) is 9.53. The molecule has 3 heteroatoms. The van der Waals surface area contributed by atoms with Crippen LogP contribution in [0.2, 0.25) is 0 Å². The van der Waals surface area contributed by atoms with Crippen LogP contribution < -0.4 is 0 Å². The van der Waals surface area contributed by atoms with E-state index in [2.05, 4.69) is 9.80 Å². The van der Waals surface area contributed by atoms with Crippen molar-refractivity contribution < 1.29 is 4.79 Å². The Labute approximate surface area is 92.4 Å². The highest BCUT2D eigenvalue weighted by Gasteiger charge is 2.22. The average molecular weight is 210 g/mol. The first kappa shape index (κ1) is 11.1. The van der Waals surface area contributed by atoms with Crippen molar-refractivity contribution in [3.8, 4) is 0 Å². The van der Waals surface area contributed by atoms with Gasteiger partial charge in [-0.15, -0.1) is 0 Å². The second-order valence-corrected chi connectivity index (χ2v) is 4.78. The molecule has 15 heavy (non-hydrogen) atoms. The van der Waals surface area contributed by atoms with Crippen molar-refractivity contribution in [2.24, 2.45) is 0 Å². The molecule has 0 saturated carbocycles. The maximum absolute atomic E-state index is 10.9. The maximum atomic E-state index is 10.9. The summed E-state index contributed by atoms with van der Waals surface area (Å²) >= 11 is 0. The molecular weight excluding hydrogens is 188 g/mol. The lowest BCUT2D eigenvalue weighted by atomic mass is 10.0. The standard InChI is InChI=1S/C12H22N2O/c15-11-12-5-1-2-8-14(12)10-9-13-6-3-4-7-13/h11-12H,1-10H2. The fourth-order valence-electron chi connectivity index (χ4n) is 2.72. The smallest absolute Gasteiger partial charge is 0.137 e. The van der Waals surface area contributed by atoms with Crippen molar-refractivity contribution in [3.05, 3.63) is 0 Å². The molecular formula is C12H22N2O. The van der Waals surface area contributed by atoms with Crippen LogP contribution in [0.4, 0.5) is 0 Å². The third kappa shape index (κ3) is 3.02. The second-order valence-electron chi connectivity index (χ2n) is 4.78. The SMILES string of the molecule is O=CC1CCCCN1CCN1CCCC1. The third-order valence-corrected chi connectivity index (χ3v) is 3.72. The summed E-state index contributed by atoms with van der Waals surface area (Å²) in [6.45, 7) is 5.89. The lowest BCUT2D eigenvalue weighted by Gasteiger charge is -2.33. The molecule has 0 radical (unpaired) electrons. The van der Waals surface area contributed by atoms with E-state index in [1.807, 2.05) is 0 Å². The first-order chi connectivity index (χ1) is 7.40. The Morgan fingerprint density at radius 3 is 2.47 bits per heavy atom. The van der Waals surface area contributed by atoms with Crippen molar-refractivity contribution >= 4 is 6.29 Å². The minimum atomic E-state index is 0.210. The summed E-state index contributed by atoms with van der Waals surface area (Å²) < 4.78 is 0. The molecule has 1 unspecified atom stereocenters. The molecule has 2 rings (SSSR count). The summed E-state index contributed by atoms with van der Waals surface area (Å²) in [5.74, 6) is 0. The molecule has 0 aromatic carbocycles. The topological polar surface area (TPSA) is 23.6 Å². The van der Waals surface area contributed by atoms with Gasteiger partial charge in [0.2, 0.25) is 0 Å². The van der Waals surface area contributed by atoms with Crippen molar-refractivity contribution in [1.82, 2.24) is 9.80 Å². The first-order valence-corrected chi connectivity index (χ1v) is 6.32. The number of carbonyl (C=O) groups is 1. The fraction of sp³-hybridized carbons (Fsp3) is 0.917. The fourth-order valence-corrected chi connectivity index (χ4v) is 2.72. The van der Waals surface area contributed by atoms with Gasteiger partial charge in [0.15, 0.2) is 0 Å². The van der Waals surface area contributed by atoms with E-state index >= 15 is 0 Å². The molecule has 0 aliphatic carbocycles. The Bertz CT molecular complexity index is 202. The number of likely N-dealkylation sites (tertiary alicyclic amines) is 2. The first-order valence-electron chi connectivity index (χ1n) is 6.32. The van der Waals surface area contributed by atoms with E-state index in [-0.39, 0.29) is 6.04 Å². The van der Waals surface area contributed by atoms with Gasteiger partial charge in [-0.1, -0.05) is 6.42 Å². The van der Waals surface area contributed by atoms with E-state index in [0.29, 0.717) is 0 Å². The zero-order chi connectivity index (χ0) is 10.5. The summed E-state index contributed by atoms with van der Waals surface area (Å²) in [5, 5.41) is 0. The normalized spacial score (nSPS) is 29.5. The highest BCUT2D eigenvalue weighted by Crippen LogP contribution is 2.15. The van der Waals surface area contributed by atoms with Crippen LogP contribution in [0.25, 0.3) is 0 Å². The van der Waals surface area contributed by atoms with E-state index in [1.54, 1.807) is 0 Å². The van der Waals surface area contributed by atoms with Crippen LogP contribution >= 0.6 is 0 Å². The molecule has 2 heterocycles. The average Bonchev–Trinajstić information content (AvgIpc) is 2.79. The van der Waals surface area contributed by atoms with Gasteiger partial charge in [-0.05, 0) is 45.3 Å². The molecule has 2 saturated heterocycles. The van der Waals surface area contributed by atoms with Crippen LogP contribution in [0, 0.1) is 0 Å². The Balaban J connectivity index is 1.73. The monoisotopic (exact) mass is 210 g/mol.